The second-order valence-electron chi connectivity index (χ2n) is 5.22. The first-order chi connectivity index (χ1) is 9.65. The molecule has 0 aliphatic carbocycles. The smallest absolute Gasteiger partial charge is 0.340 e. The number of nitrogens with one attached hydrogen (secondary N) is 1. The van der Waals surface area contributed by atoms with E-state index in [0.717, 1.165) is 6.07 Å². The minimum atomic E-state index is -1.46. The Morgan fingerprint density at radius 3 is 2.48 bits per heavy atom. The van der Waals surface area contributed by atoms with Gasteiger partial charge in [0.25, 0.3) is 0 Å². The zero-order valence-electron chi connectivity index (χ0n) is 12.2. The topological polar surface area (TPSA) is 89.9 Å². The van der Waals surface area contributed by atoms with E-state index in [4.69, 9.17) is 5.11 Å². The number of carbonyl (C=O) groups excluding carboxylic acids is 1. The van der Waals surface area contributed by atoms with Crippen molar-refractivity contribution in [1.82, 2.24) is 4.90 Å². The van der Waals surface area contributed by atoms with Gasteiger partial charge in [0.05, 0.1) is 17.8 Å². The van der Waals surface area contributed by atoms with Gasteiger partial charge in [-0.2, -0.15) is 0 Å². The molecule has 6 nitrogen and oxygen atoms in total. The van der Waals surface area contributed by atoms with Gasteiger partial charge in [0.15, 0.2) is 0 Å². The molecule has 0 saturated heterocycles. The van der Waals surface area contributed by atoms with Crippen molar-refractivity contribution < 1.29 is 24.2 Å². The van der Waals surface area contributed by atoms with Gasteiger partial charge in [-0.15, -0.1) is 0 Å². The van der Waals surface area contributed by atoms with Crippen LogP contribution in [0.4, 0.5) is 14.9 Å². The summed E-state index contributed by atoms with van der Waals surface area (Å²) in [5.41, 5.74) is -1.81. The van der Waals surface area contributed by atoms with Crippen LogP contribution in [0.5, 0.6) is 0 Å². The van der Waals surface area contributed by atoms with E-state index in [1.165, 1.54) is 17.0 Å². The number of carbonyl (C=O) groups is 2. The molecule has 0 aromatic heterocycles. The summed E-state index contributed by atoms with van der Waals surface area (Å²) in [4.78, 5) is 24.4. The summed E-state index contributed by atoms with van der Waals surface area (Å²) in [6, 6.07) is 3.02. The first kappa shape index (κ1) is 16.9. The number of hydrogen-bond acceptors (Lipinski definition) is 3. The van der Waals surface area contributed by atoms with E-state index >= 15 is 0 Å². The molecule has 7 heteroatoms. The van der Waals surface area contributed by atoms with E-state index in [9.17, 15) is 19.1 Å². The number of carboxylic acids is 1. The van der Waals surface area contributed by atoms with Gasteiger partial charge in [-0.1, -0.05) is 6.07 Å². The molecule has 0 saturated carbocycles. The maximum atomic E-state index is 13.5. The van der Waals surface area contributed by atoms with E-state index in [1.54, 1.807) is 20.8 Å². The quantitative estimate of drug-likeness (QED) is 0.777. The van der Waals surface area contributed by atoms with Crippen molar-refractivity contribution in [2.24, 2.45) is 0 Å². The van der Waals surface area contributed by atoms with Gasteiger partial charge in [0.2, 0.25) is 0 Å². The Morgan fingerprint density at radius 2 is 2.00 bits per heavy atom. The lowest BCUT2D eigenvalue weighted by molar-refractivity contribution is 0.0500. The highest BCUT2D eigenvalue weighted by molar-refractivity contribution is 6.00. The second-order valence-corrected chi connectivity index (χ2v) is 5.22. The summed E-state index contributed by atoms with van der Waals surface area (Å²) in [7, 11) is 0. The monoisotopic (exact) mass is 298 g/mol. The summed E-state index contributed by atoms with van der Waals surface area (Å²) < 4.78 is 13.5. The maximum Gasteiger partial charge on any atom is 0.340 e. The highest BCUT2D eigenvalue weighted by atomic mass is 19.1. The van der Waals surface area contributed by atoms with Gasteiger partial charge >= 0.3 is 12.0 Å². The van der Waals surface area contributed by atoms with E-state index in [2.05, 4.69) is 5.32 Å². The van der Waals surface area contributed by atoms with Crippen LogP contribution < -0.4 is 5.32 Å². The summed E-state index contributed by atoms with van der Waals surface area (Å²) in [5, 5.41) is 21.1. The van der Waals surface area contributed by atoms with Gasteiger partial charge in [-0.25, -0.2) is 14.0 Å². The Morgan fingerprint density at radius 1 is 1.38 bits per heavy atom. The van der Waals surface area contributed by atoms with E-state index in [1.807, 2.05) is 0 Å². The van der Waals surface area contributed by atoms with Crippen molar-refractivity contribution >= 4 is 17.7 Å². The normalized spacial score (nSPS) is 11.1. The van der Waals surface area contributed by atoms with Crippen molar-refractivity contribution in [3.63, 3.8) is 0 Å². The highest BCUT2D eigenvalue weighted by Crippen LogP contribution is 2.19. The first-order valence-electron chi connectivity index (χ1n) is 6.46. The minimum Gasteiger partial charge on any atom is -0.478 e. The zero-order chi connectivity index (χ0) is 16.2. The fourth-order valence-electron chi connectivity index (χ4n) is 1.83. The largest absolute Gasteiger partial charge is 0.478 e. The number of nitrogens with zero attached hydrogens (tertiary/aromatic N) is 1. The van der Waals surface area contributed by atoms with Gasteiger partial charge in [0, 0.05) is 6.54 Å². The summed E-state index contributed by atoms with van der Waals surface area (Å²) in [6.45, 7) is 5.19. The fourth-order valence-corrected chi connectivity index (χ4v) is 1.83. The number of hydrogen-bond donors (Lipinski definition) is 3. The van der Waals surface area contributed by atoms with Crippen LogP contribution in [0, 0.1) is 5.82 Å². The molecule has 0 bridgehead atoms. The van der Waals surface area contributed by atoms with E-state index in [0.29, 0.717) is 6.54 Å². The molecule has 0 aliphatic rings. The van der Waals surface area contributed by atoms with Gasteiger partial charge < -0.3 is 20.4 Å². The van der Waals surface area contributed by atoms with Crippen LogP contribution in [-0.2, 0) is 0 Å². The average Bonchev–Trinajstić information content (AvgIpc) is 2.34. The number of carboxylic acid groups (broad SMARTS) is 1. The molecule has 1 aromatic rings. The molecule has 0 atom stereocenters. The van der Waals surface area contributed by atoms with Crippen LogP contribution in [0.3, 0.4) is 0 Å². The first-order valence-corrected chi connectivity index (χ1v) is 6.46. The number of urea groups is 1. The lowest BCUT2D eigenvalue weighted by atomic mass is 10.1. The molecular formula is C14H19FN2O4. The summed E-state index contributed by atoms with van der Waals surface area (Å²) in [5.74, 6) is -2.39. The Kier molecular flexibility index (Phi) is 5.26. The molecule has 0 fully saturated rings. The molecule has 0 heterocycles. The molecule has 3 N–H and O–H groups in total. The average molecular weight is 298 g/mol. The third-order valence-corrected chi connectivity index (χ3v) is 2.72. The molecule has 1 rings (SSSR count). The van der Waals surface area contributed by atoms with Crippen molar-refractivity contribution in [1.29, 1.82) is 0 Å². The lowest BCUT2D eigenvalue weighted by Gasteiger charge is -2.28. The molecular weight excluding hydrogens is 279 g/mol. The number of benzene rings is 1. The Hall–Kier alpha value is -2.15. The molecule has 0 radical (unpaired) electrons. The lowest BCUT2D eigenvalue weighted by Crippen LogP contribution is -2.44. The predicted molar refractivity (Wildman–Crippen MR) is 75.9 cm³/mol. The summed E-state index contributed by atoms with van der Waals surface area (Å²) >= 11 is 0. The standard InChI is InChI=1S/C14H19FN2O4/c1-4-17(8-14(2,3)21)13(20)16-10-7-5-6-9(15)11(10)12(18)19/h5-7,21H,4,8H2,1-3H3,(H,16,20)(H,18,19). The Labute approximate surface area is 122 Å². The van der Waals surface area contributed by atoms with Crippen LogP contribution in [-0.4, -0.2) is 45.8 Å². The van der Waals surface area contributed by atoms with Gasteiger partial charge in [-0.05, 0) is 32.9 Å². The number of halogens is 1. The van der Waals surface area contributed by atoms with Crippen molar-refractivity contribution in [3.8, 4) is 0 Å². The van der Waals surface area contributed by atoms with E-state index < -0.39 is 29.0 Å². The van der Waals surface area contributed by atoms with Crippen LogP contribution >= 0.6 is 0 Å². The third-order valence-electron chi connectivity index (χ3n) is 2.72. The van der Waals surface area contributed by atoms with Crippen LogP contribution in [0.15, 0.2) is 18.2 Å². The SMILES string of the molecule is CCN(CC(C)(C)O)C(=O)Nc1cccc(F)c1C(=O)O. The fraction of sp³-hybridized carbons (Fsp3) is 0.429. The predicted octanol–water partition coefficient (Wildman–Crippen LogP) is 2.15. The summed E-state index contributed by atoms with van der Waals surface area (Å²) in [6.07, 6.45) is 0. The van der Waals surface area contributed by atoms with E-state index in [-0.39, 0.29) is 12.2 Å². The number of rotatable bonds is 5. The molecule has 116 valence electrons. The van der Waals surface area contributed by atoms with Crippen molar-refractivity contribution in [2.75, 3.05) is 18.4 Å². The van der Waals surface area contributed by atoms with Crippen molar-refractivity contribution in [3.05, 3.63) is 29.6 Å². The maximum absolute atomic E-state index is 13.5. The molecule has 21 heavy (non-hydrogen) atoms. The van der Waals surface area contributed by atoms with Gasteiger partial charge in [-0.3, -0.25) is 0 Å². The number of aliphatic hydroxyl groups is 1. The highest BCUT2D eigenvalue weighted by Gasteiger charge is 2.23. The number of amides is 2. The zero-order valence-corrected chi connectivity index (χ0v) is 12.2. The van der Waals surface area contributed by atoms with Crippen LogP contribution in [0.1, 0.15) is 31.1 Å². The minimum absolute atomic E-state index is 0.0626. The Balaban J connectivity index is 2.97. The number of likely N-dealkylation sites (N-methyl/N-ethyl adjacent to an activating group) is 1. The number of anilines is 1. The molecule has 0 aliphatic heterocycles. The van der Waals surface area contributed by atoms with Gasteiger partial charge in [0.1, 0.15) is 11.4 Å². The molecule has 0 spiro atoms. The molecule has 1 aromatic carbocycles. The third kappa shape index (κ3) is 4.71. The van der Waals surface area contributed by atoms with Crippen molar-refractivity contribution in [2.45, 2.75) is 26.4 Å². The van der Waals surface area contributed by atoms with Crippen LogP contribution in [0.2, 0.25) is 0 Å². The Bertz CT molecular complexity index is 540. The van der Waals surface area contributed by atoms with Crippen LogP contribution in [0.25, 0.3) is 0 Å². The number of aromatic carboxylic acids is 1. The second kappa shape index (κ2) is 6.53. The molecule has 0 unspecified atom stereocenters. The molecule has 2 amide bonds.